The summed E-state index contributed by atoms with van der Waals surface area (Å²) >= 11 is 0. The lowest BCUT2D eigenvalue weighted by atomic mass is 10.1. The Kier molecular flexibility index (Phi) is 4.36. The second kappa shape index (κ2) is 6.03. The topological polar surface area (TPSA) is 43.0 Å². The molecule has 0 saturated carbocycles. The molecular weight excluding hydrogens is 242 g/mol. The van der Waals surface area contributed by atoms with E-state index in [0.717, 1.165) is 72.1 Å². The highest BCUT2D eigenvalue weighted by Gasteiger charge is 2.48. The molecule has 0 unspecified atom stereocenters. The van der Waals surface area contributed by atoms with Crippen molar-refractivity contribution in [2.75, 3.05) is 79.2 Å². The number of likely N-dealkylation sites (N-methyl/N-ethyl adjacent to an activating group) is 1. The Morgan fingerprint density at radius 2 is 1.37 bits per heavy atom. The van der Waals surface area contributed by atoms with Crippen LogP contribution in [0.15, 0.2) is 0 Å². The Hall–Kier alpha value is -0.240. The minimum Gasteiger partial charge on any atom is -0.375 e. The summed E-state index contributed by atoms with van der Waals surface area (Å²) in [5, 5.41) is 6.91. The lowest BCUT2D eigenvalue weighted by molar-refractivity contribution is -0.227. The van der Waals surface area contributed by atoms with Crippen molar-refractivity contribution in [3.63, 3.8) is 0 Å². The highest BCUT2D eigenvalue weighted by atomic mass is 16.5. The van der Waals surface area contributed by atoms with Crippen molar-refractivity contribution in [1.29, 1.82) is 0 Å². The average Bonchev–Trinajstić information content (AvgIpc) is 2.50. The number of rotatable bonds is 2. The van der Waals surface area contributed by atoms with Gasteiger partial charge in [0, 0.05) is 58.9 Å². The van der Waals surface area contributed by atoms with Crippen molar-refractivity contribution in [2.45, 2.75) is 5.79 Å². The highest BCUT2D eigenvalue weighted by Crippen LogP contribution is 2.28. The van der Waals surface area contributed by atoms with Crippen molar-refractivity contribution < 1.29 is 4.74 Å². The molecule has 0 atom stereocenters. The fourth-order valence-corrected chi connectivity index (χ4v) is 3.61. The van der Waals surface area contributed by atoms with E-state index in [4.69, 9.17) is 4.74 Å². The molecule has 0 spiro atoms. The molecule has 0 aromatic rings. The summed E-state index contributed by atoms with van der Waals surface area (Å²) in [5.74, 6) is -0.0253. The third-order valence-corrected chi connectivity index (χ3v) is 4.72. The fourth-order valence-electron chi connectivity index (χ4n) is 3.61. The van der Waals surface area contributed by atoms with Crippen molar-refractivity contribution >= 4 is 0 Å². The van der Waals surface area contributed by atoms with Crippen molar-refractivity contribution in [3.8, 4) is 0 Å². The molecule has 3 rings (SSSR count). The molecule has 0 aromatic heterocycles. The molecule has 110 valence electrons. The summed E-state index contributed by atoms with van der Waals surface area (Å²) in [6.07, 6.45) is 0. The van der Waals surface area contributed by atoms with Crippen LogP contribution in [0.1, 0.15) is 0 Å². The standard InChI is InChI=1S/C13H27N5O/c1-16-10-11-19-12-13(16,17-6-2-14-3-7-17)18-8-4-15-5-9-18/h14-15H,2-12H2,1H3. The third kappa shape index (κ3) is 2.53. The molecule has 0 aromatic carbocycles. The van der Waals surface area contributed by atoms with Gasteiger partial charge in [0.05, 0.1) is 13.2 Å². The molecule has 3 fully saturated rings. The first kappa shape index (κ1) is 13.7. The predicted octanol–water partition coefficient (Wildman–Crippen LogP) is -1.59. The van der Waals surface area contributed by atoms with Crippen LogP contribution in [0.5, 0.6) is 0 Å². The van der Waals surface area contributed by atoms with Gasteiger partial charge in [-0.1, -0.05) is 0 Å². The minimum absolute atomic E-state index is 0.0253. The van der Waals surface area contributed by atoms with E-state index in [-0.39, 0.29) is 5.79 Å². The second-order valence-corrected chi connectivity index (χ2v) is 5.72. The van der Waals surface area contributed by atoms with E-state index in [2.05, 4.69) is 32.4 Å². The van der Waals surface area contributed by atoms with Gasteiger partial charge in [0.25, 0.3) is 0 Å². The van der Waals surface area contributed by atoms with Gasteiger partial charge in [-0.15, -0.1) is 0 Å². The number of nitrogens with one attached hydrogen (secondary N) is 2. The second-order valence-electron chi connectivity index (χ2n) is 5.72. The third-order valence-electron chi connectivity index (χ3n) is 4.72. The quantitative estimate of drug-likeness (QED) is 0.630. The van der Waals surface area contributed by atoms with E-state index < -0.39 is 0 Å². The molecule has 0 aliphatic carbocycles. The highest BCUT2D eigenvalue weighted by molar-refractivity contribution is 4.95. The van der Waals surface area contributed by atoms with Crippen LogP contribution in [-0.2, 0) is 4.74 Å². The Balaban J connectivity index is 1.84. The molecule has 0 amide bonds. The first-order chi connectivity index (χ1) is 9.34. The summed E-state index contributed by atoms with van der Waals surface area (Å²) in [6.45, 7) is 11.5. The SMILES string of the molecule is CN1CCOCC1(N1CCNCC1)N1CCNCC1. The van der Waals surface area contributed by atoms with Gasteiger partial charge in [0.2, 0.25) is 0 Å². The van der Waals surface area contributed by atoms with Gasteiger partial charge in [0.1, 0.15) is 0 Å². The minimum atomic E-state index is -0.0253. The Morgan fingerprint density at radius 1 is 0.842 bits per heavy atom. The molecule has 6 nitrogen and oxygen atoms in total. The van der Waals surface area contributed by atoms with Crippen molar-refractivity contribution in [1.82, 2.24) is 25.3 Å². The van der Waals surface area contributed by atoms with Crippen molar-refractivity contribution in [2.24, 2.45) is 0 Å². The van der Waals surface area contributed by atoms with E-state index in [0.29, 0.717) is 0 Å². The smallest absolute Gasteiger partial charge is 0.155 e. The molecule has 3 aliphatic heterocycles. The van der Waals surface area contributed by atoms with Gasteiger partial charge in [-0.2, -0.15) is 0 Å². The number of nitrogens with zero attached hydrogens (tertiary/aromatic N) is 3. The number of ether oxygens (including phenoxy) is 1. The zero-order chi connectivity index (χ0) is 13.1. The number of piperazine rings is 2. The number of morpholine rings is 1. The van der Waals surface area contributed by atoms with Crippen LogP contribution in [-0.4, -0.2) is 99.7 Å². The van der Waals surface area contributed by atoms with Crippen LogP contribution in [0.4, 0.5) is 0 Å². The van der Waals surface area contributed by atoms with E-state index in [1.165, 1.54) is 0 Å². The van der Waals surface area contributed by atoms with E-state index in [9.17, 15) is 0 Å². The fraction of sp³-hybridized carbons (Fsp3) is 1.00. The molecule has 19 heavy (non-hydrogen) atoms. The van der Waals surface area contributed by atoms with Gasteiger partial charge in [0.15, 0.2) is 5.79 Å². The van der Waals surface area contributed by atoms with Crippen LogP contribution in [0, 0.1) is 0 Å². The lowest BCUT2D eigenvalue weighted by Gasteiger charge is -2.58. The Bertz CT molecular complexity index is 271. The molecule has 3 heterocycles. The van der Waals surface area contributed by atoms with Gasteiger partial charge < -0.3 is 15.4 Å². The molecule has 3 saturated heterocycles. The van der Waals surface area contributed by atoms with Gasteiger partial charge in [-0.3, -0.25) is 14.7 Å². The zero-order valence-electron chi connectivity index (χ0n) is 12.0. The van der Waals surface area contributed by atoms with E-state index in [1.54, 1.807) is 0 Å². The van der Waals surface area contributed by atoms with Crippen LogP contribution < -0.4 is 10.6 Å². The molecule has 6 heteroatoms. The first-order valence-electron chi connectivity index (χ1n) is 7.54. The number of hydrogen-bond acceptors (Lipinski definition) is 6. The summed E-state index contributed by atoms with van der Waals surface area (Å²) in [5.41, 5.74) is 0. The summed E-state index contributed by atoms with van der Waals surface area (Å²) in [7, 11) is 2.26. The first-order valence-corrected chi connectivity index (χ1v) is 7.54. The number of hydrogen-bond donors (Lipinski definition) is 2. The van der Waals surface area contributed by atoms with Gasteiger partial charge in [-0.25, -0.2) is 0 Å². The largest absolute Gasteiger partial charge is 0.375 e. The predicted molar refractivity (Wildman–Crippen MR) is 75.1 cm³/mol. The Morgan fingerprint density at radius 3 is 1.84 bits per heavy atom. The maximum Gasteiger partial charge on any atom is 0.155 e. The molecule has 2 N–H and O–H groups in total. The van der Waals surface area contributed by atoms with Crippen molar-refractivity contribution in [3.05, 3.63) is 0 Å². The normalized spacial score (nSPS) is 31.4. The van der Waals surface area contributed by atoms with Crippen LogP contribution >= 0.6 is 0 Å². The van der Waals surface area contributed by atoms with Gasteiger partial charge >= 0.3 is 0 Å². The molecule has 3 aliphatic rings. The maximum atomic E-state index is 5.90. The Labute approximate surface area is 116 Å². The lowest BCUT2D eigenvalue weighted by Crippen LogP contribution is -2.77. The molecular formula is C13H27N5O. The molecule has 0 radical (unpaired) electrons. The summed E-state index contributed by atoms with van der Waals surface area (Å²) in [6, 6.07) is 0. The van der Waals surface area contributed by atoms with E-state index >= 15 is 0 Å². The summed E-state index contributed by atoms with van der Waals surface area (Å²) < 4.78 is 5.90. The maximum absolute atomic E-state index is 5.90. The average molecular weight is 269 g/mol. The van der Waals surface area contributed by atoms with E-state index in [1.807, 2.05) is 0 Å². The van der Waals surface area contributed by atoms with Crippen LogP contribution in [0.3, 0.4) is 0 Å². The summed E-state index contributed by atoms with van der Waals surface area (Å²) in [4.78, 5) is 7.75. The zero-order valence-corrected chi connectivity index (χ0v) is 12.0. The monoisotopic (exact) mass is 269 g/mol. The molecule has 0 bridgehead atoms. The van der Waals surface area contributed by atoms with Crippen LogP contribution in [0.2, 0.25) is 0 Å². The van der Waals surface area contributed by atoms with Crippen LogP contribution in [0.25, 0.3) is 0 Å². The van der Waals surface area contributed by atoms with Gasteiger partial charge in [-0.05, 0) is 7.05 Å².